The van der Waals surface area contributed by atoms with Crippen molar-refractivity contribution in [2.45, 2.75) is 24.7 Å². The van der Waals surface area contributed by atoms with Crippen LogP contribution in [0.2, 0.25) is 0 Å². The number of nitrogens with two attached hydrogens (primary N) is 1. The van der Waals surface area contributed by atoms with Crippen LogP contribution >= 0.6 is 11.3 Å². The lowest BCUT2D eigenvalue weighted by molar-refractivity contribution is -0.138. The Balaban J connectivity index is 2.32. The molecule has 1 aromatic rings. The first-order valence-corrected chi connectivity index (χ1v) is 6.03. The smallest absolute Gasteiger partial charge is 0.304 e. The van der Waals surface area contributed by atoms with Crippen LogP contribution in [0.3, 0.4) is 0 Å². The molecule has 1 fully saturated rings. The van der Waals surface area contributed by atoms with E-state index in [-0.39, 0.29) is 11.8 Å². The van der Waals surface area contributed by atoms with Gasteiger partial charge in [-0.3, -0.25) is 4.79 Å². The summed E-state index contributed by atoms with van der Waals surface area (Å²) in [5.74, 6) is -0.280. The Hall–Kier alpha value is -0.870. The Morgan fingerprint density at radius 3 is 2.80 bits per heavy atom. The summed E-state index contributed by atoms with van der Waals surface area (Å²) >= 11 is 1.62. The third-order valence-corrected chi connectivity index (χ3v) is 4.29. The van der Waals surface area contributed by atoms with Gasteiger partial charge in [0, 0.05) is 16.8 Å². The molecule has 82 valence electrons. The van der Waals surface area contributed by atoms with Crippen LogP contribution in [0.4, 0.5) is 0 Å². The zero-order valence-electron chi connectivity index (χ0n) is 8.48. The maximum absolute atomic E-state index is 11.0. The van der Waals surface area contributed by atoms with Gasteiger partial charge in [0.2, 0.25) is 0 Å². The van der Waals surface area contributed by atoms with Crippen molar-refractivity contribution in [1.82, 2.24) is 0 Å². The number of carbonyl (C=O) groups is 1. The highest BCUT2D eigenvalue weighted by Gasteiger charge is 2.47. The highest BCUT2D eigenvalue weighted by atomic mass is 32.1. The molecule has 1 aromatic heterocycles. The molecular formula is C11H15NO2S. The average molecular weight is 225 g/mol. The number of rotatable bonds is 5. The molecule has 3 nitrogen and oxygen atoms in total. The molecule has 1 unspecified atom stereocenters. The van der Waals surface area contributed by atoms with Crippen molar-refractivity contribution < 1.29 is 9.90 Å². The van der Waals surface area contributed by atoms with Crippen molar-refractivity contribution in [2.24, 2.45) is 11.7 Å². The van der Waals surface area contributed by atoms with Crippen LogP contribution in [0, 0.1) is 5.92 Å². The molecule has 1 saturated carbocycles. The molecule has 0 bridgehead atoms. The van der Waals surface area contributed by atoms with E-state index in [1.54, 1.807) is 11.3 Å². The maximum Gasteiger partial charge on any atom is 0.304 e. The largest absolute Gasteiger partial charge is 0.481 e. The summed E-state index contributed by atoms with van der Waals surface area (Å²) in [5, 5.41) is 11.0. The Morgan fingerprint density at radius 1 is 1.67 bits per heavy atom. The van der Waals surface area contributed by atoms with Crippen LogP contribution in [0.25, 0.3) is 0 Å². The number of aliphatic carboxylic acids is 1. The second kappa shape index (κ2) is 3.94. The van der Waals surface area contributed by atoms with Crippen molar-refractivity contribution in [3.63, 3.8) is 0 Å². The van der Waals surface area contributed by atoms with Gasteiger partial charge in [0.1, 0.15) is 0 Å². The van der Waals surface area contributed by atoms with Gasteiger partial charge in [-0.25, -0.2) is 0 Å². The first-order valence-electron chi connectivity index (χ1n) is 5.15. The SMILES string of the molecule is NCC(CC(=O)O)(c1cccs1)C1CC1. The van der Waals surface area contributed by atoms with Gasteiger partial charge in [-0.2, -0.15) is 0 Å². The minimum Gasteiger partial charge on any atom is -0.481 e. The number of hydrogen-bond acceptors (Lipinski definition) is 3. The number of carboxylic acids is 1. The predicted octanol–water partition coefficient (Wildman–Crippen LogP) is 1.83. The Labute approximate surface area is 92.9 Å². The van der Waals surface area contributed by atoms with Crippen molar-refractivity contribution in [3.05, 3.63) is 22.4 Å². The highest BCUT2D eigenvalue weighted by Crippen LogP contribution is 2.50. The molecule has 0 amide bonds. The molecule has 0 aliphatic heterocycles. The van der Waals surface area contributed by atoms with Crippen molar-refractivity contribution in [3.8, 4) is 0 Å². The molecule has 1 aliphatic rings. The molecule has 1 atom stereocenters. The summed E-state index contributed by atoms with van der Waals surface area (Å²) in [4.78, 5) is 12.1. The van der Waals surface area contributed by atoms with Gasteiger partial charge in [0.15, 0.2) is 0 Å². The summed E-state index contributed by atoms with van der Waals surface area (Å²) in [6, 6.07) is 3.98. The predicted molar refractivity (Wildman–Crippen MR) is 60.0 cm³/mol. The van der Waals surface area contributed by atoms with Crippen LogP contribution in [-0.4, -0.2) is 17.6 Å². The lowest BCUT2D eigenvalue weighted by Crippen LogP contribution is -2.38. The first kappa shape index (κ1) is 10.6. The topological polar surface area (TPSA) is 63.3 Å². The summed E-state index contributed by atoms with van der Waals surface area (Å²) in [5.41, 5.74) is 5.53. The summed E-state index contributed by atoms with van der Waals surface area (Å²) in [6.07, 6.45) is 2.39. The monoisotopic (exact) mass is 225 g/mol. The fourth-order valence-electron chi connectivity index (χ4n) is 2.24. The van der Waals surface area contributed by atoms with Crippen molar-refractivity contribution >= 4 is 17.3 Å². The van der Waals surface area contributed by atoms with Crippen LogP contribution in [0.5, 0.6) is 0 Å². The molecule has 2 rings (SSSR count). The van der Waals surface area contributed by atoms with E-state index in [2.05, 4.69) is 0 Å². The minimum absolute atomic E-state index is 0.161. The number of carboxylic acid groups (broad SMARTS) is 1. The third kappa shape index (κ3) is 1.92. The Morgan fingerprint density at radius 2 is 2.40 bits per heavy atom. The molecule has 1 aliphatic carbocycles. The van der Waals surface area contributed by atoms with Crippen molar-refractivity contribution in [2.75, 3.05) is 6.54 Å². The van der Waals surface area contributed by atoms with Crippen LogP contribution < -0.4 is 5.73 Å². The minimum atomic E-state index is -0.749. The van der Waals surface area contributed by atoms with E-state index in [1.807, 2.05) is 17.5 Å². The quantitative estimate of drug-likeness (QED) is 0.803. The van der Waals surface area contributed by atoms with E-state index in [9.17, 15) is 4.79 Å². The van der Waals surface area contributed by atoms with Gasteiger partial charge in [-0.05, 0) is 30.2 Å². The fourth-order valence-corrected chi connectivity index (χ4v) is 3.26. The van der Waals surface area contributed by atoms with E-state index >= 15 is 0 Å². The molecule has 15 heavy (non-hydrogen) atoms. The molecule has 0 radical (unpaired) electrons. The van der Waals surface area contributed by atoms with E-state index in [4.69, 9.17) is 10.8 Å². The molecule has 1 heterocycles. The molecule has 0 aromatic carbocycles. The number of thiophene rings is 1. The fraction of sp³-hybridized carbons (Fsp3) is 0.545. The third-order valence-electron chi connectivity index (χ3n) is 3.20. The second-order valence-corrected chi connectivity index (χ2v) is 5.13. The standard InChI is InChI=1S/C11H15NO2S/c12-7-11(6-10(13)14,8-3-4-8)9-2-1-5-15-9/h1-2,5,8H,3-4,6-7,12H2,(H,13,14). The van der Waals surface area contributed by atoms with Crippen molar-refractivity contribution in [1.29, 1.82) is 0 Å². The lowest BCUT2D eigenvalue weighted by atomic mass is 9.78. The summed E-state index contributed by atoms with van der Waals surface area (Å²) in [6.45, 7) is 0.435. The van der Waals surface area contributed by atoms with Gasteiger partial charge in [0.05, 0.1) is 6.42 Å². The zero-order valence-corrected chi connectivity index (χ0v) is 9.30. The molecular weight excluding hydrogens is 210 g/mol. The van der Waals surface area contributed by atoms with Crippen LogP contribution in [-0.2, 0) is 10.2 Å². The van der Waals surface area contributed by atoms with Crippen LogP contribution in [0.15, 0.2) is 17.5 Å². The van der Waals surface area contributed by atoms with Gasteiger partial charge in [-0.1, -0.05) is 6.07 Å². The second-order valence-electron chi connectivity index (χ2n) is 4.18. The van der Waals surface area contributed by atoms with Crippen LogP contribution in [0.1, 0.15) is 24.1 Å². The molecule has 3 N–H and O–H groups in total. The normalized spacial score (nSPS) is 19.8. The molecule has 4 heteroatoms. The van der Waals surface area contributed by atoms with E-state index in [1.165, 1.54) is 0 Å². The first-order chi connectivity index (χ1) is 7.19. The number of hydrogen-bond donors (Lipinski definition) is 2. The summed E-state index contributed by atoms with van der Waals surface area (Å²) in [7, 11) is 0. The Bertz CT molecular complexity index is 345. The van der Waals surface area contributed by atoms with Gasteiger partial charge in [-0.15, -0.1) is 11.3 Å². The van der Waals surface area contributed by atoms with Gasteiger partial charge in [0.25, 0.3) is 0 Å². The summed E-state index contributed by atoms with van der Waals surface area (Å²) < 4.78 is 0. The average Bonchev–Trinajstić information content (AvgIpc) is 2.90. The van der Waals surface area contributed by atoms with E-state index in [0.29, 0.717) is 12.5 Å². The van der Waals surface area contributed by atoms with Gasteiger partial charge >= 0.3 is 5.97 Å². The molecule has 0 spiro atoms. The zero-order chi connectivity index (χ0) is 10.9. The lowest BCUT2D eigenvalue weighted by Gasteiger charge is -2.30. The maximum atomic E-state index is 11.0. The van der Waals surface area contributed by atoms with E-state index in [0.717, 1.165) is 17.7 Å². The Kier molecular flexibility index (Phi) is 2.80. The highest BCUT2D eigenvalue weighted by molar-refractivity contribution is 7.10. The van der Waals surface area contributed by atoms with E-state index < -0.39 is 5.97 Å². The molecule has 0 saturated heterocycles. The van der Waals surface area contributed by atoms with Gasteiger partial charge < -0.3 is 10.8 Å².